The molecule has 1 aromatic carbocycles. The van der Waals surface area contributed by atoms with E-state index >= 15 is 0 Å². The third kappa shape index (κ3) is 5.54. The molecule has 1 N–H and O–H groups in total. The van der Waals surface area contributed by atoms with Crippen molar-refractivity contribution in [1.82, 2.24) is 0 Å². The number of ether oxygens (including phenoxy) is 2. The van der Waals surface area contributed by atoms with Gasteiger partial charge in [0.05, 0.1) is 6.10 Å². The van der Waals surface area contributed by atoms with E-state index in [0.29, 0.717) is 13.0 Å². The minimum Gasteiger partial charge on any atom is -0.490 e. The molecular formula is C19H31NO3. The number of hydrogen-bond donors (Lipinski definition) is 1. The smallest absolute Gasteiger partial charge is 0.256 e. The van der Waals surface area contributed by atoms with Crippen LogP contribution in [-0.2, 0) is 9.53 Å². The summed E-state index contributed by atoms with van der Waals surface area (Å²) in [6, 6.07) is 5.72. The molecule has 0 unspecified atom stereocenters. The molecule has 4 nitrogen and oxygen atoms in total. The summed E-state index contributed by atoms with van der Waals surface area (Å²) in [6.07, 6.45) is 2.66. The van der Waals surface area contributed by atoms with E-state index in [0.717, 1.165) is 29.8 Å². The van der Waals surface area contributed by atoms with E-state index in [1.165, 1.54) is 0 Å². The molecule has 0 radical (unpaired) electrons. The van der Waals surface area contributed by atoms with Crippen LogP contribution in [0.1, 0.15) is 59.4 Å². The third-order valence-electron chi connectivity index (χ3n) is 4.12. The van der Waals surface area contributed by atoms with Crippen molar-refractivity contribution in [2.45, 2.75) is 72.5 Å². The van der Waals surface area contributed by atoms with Gasteiger partial charge in [-0.3, -0.25) is 4.79 Å². The summed E-state index contributed by atoms with van der Waals surface area (Å²) in [4.78, 5) is 12.5. The van der Waals surface area contributed by atoms with Crippen molar-refractivity contribution < 1.29 is 14.3 Å². The second kappa shape index (κ2) is 8.92. The van der Waals surface area contributed by atoms with Gasteiger partial charge in [-0.15, -0.1) is 0 Å². The van der Waals surface area contributed by atoms with E-state index in [-0.39, 0.29) is 12.0 Å². The summed E-state index contributed by atoms with van der Waals surface area (Å²) in [6.45, 7) is 12.5. The molecule has 2 atom stereocenters. The first-order chi connectivity index (χ1) is 10.9. The molecule has 0 aliphatic rings. The van der Waals surface area contributed by atoms with E-state index in [4.69, 9.17) is 9.47 Å². The zero-order valence-electron chi connectivity index (χ0n) is 15.4. The first-order valence-corrected chi connectivity index (χ1v) is 8.59. The summed E-state index contributed by atoms with van der Waals surface area (Å²) < 4.78 is 11.6. The van der Waals surface area contributed by atoms with Crippen molar-refractivity contribution in [2.24, 2.45) is 0 Å². The fourth-order valence-electron chi connectivity index (χ4n) is 2.08. The maximum Gasteiger partial charge on any atom is 0.256 e. The number of benzene rings is 1. The molecule has 4 heteroatoms. The average molecular weight is 321 g/mol. The second-order valence-corrected chi connectivity index (χ2v) is 6.20. The average Bonchev–Trinajstić information content (AvgIpc) is 2.54. The molecule has 0 saturated carbocycles. The third-order valence-corrected chi connectivity index (χ3v) is 4.12. The number of hydrogen-bond acceptors (Lipinski definition) is 3. The topological polar surface area (TPSA) is 47.6 Å². The van der Waals surface area contributed by atoms with Crippen LogP contribution in [0.15, 0.2) is 18.2 Å². The highest BCUT2D eigenvalue weighted by molar-refractivity contribution is 5.97. The molecule has 130 valence electrons. The Bertz CT molecular complexity index is 515. The van der Waals surface area contributed by atoms with Gasteiger partial charge in [-0.2, -0.15) is 0 Å². The van der Waals surface area contributed by atoms with Crippen molar-refractivity contribution in [1.29, 1.82) is 0 Å². The van der Waals surface area contributed by atoms with E-state index < -0.39 is 5.60 Å². The van der Waals surface area contributed by atoms with E-state index in [2.05, 4.69) is 12.2 Å². The highest BCUT2D eigenvalue weighted by Crippen LogP contribution is 2.25. The lowest BCUT2D eigenvalue weighted by Crippen LogP contribution is -2.42. The van der Waals surface area contributed by atoms with Crippen molar-refractivity contribution in [3.63, 3.8) is 0 Å². The minimum atomic E-state index is -0.796. The van der Waals surface area contributed by atoms with Gasteiger partial charge in [0.25, 0.3) is 5.91 Å². The van der Waals surface area contributed by atoms with Gasteiger partial charge in [0.15, 0.2) is 0 Å². The Morgan fingerprint density at radius 1 is 1.30 bits per heavy atom. The first kappa shape index (κ1) is 19.5. The van der Waals surface area contributed by atoms with Gasteiger partial charge in [-0.25, -0.2) is 0 Å². The van der Waals surface area contributed by atoms with Crippen LogP contribution in [-0.4, -0.2) is 24.2 Å². The Morgan fingerprint density at radius 3 is 2.52 bits per heavy atom. The Balaban J connectivity index is 2.80. The Kier molecular flexibility index (Phi) is 7.56. The molecule has 1 amide bonds. The van der Waals surface area contributed by atoms with Crippen molar-refractivity contribution >= 4 is 11.6 Å². The molecule has 0 saturated heterocycles. The van der Waals surface area contributed by atoms with E-state index in [1.54, 1.807) is 0 Å². The number of rotatable bonds is 9. The molecular weight excluding hydrogens is 290 g/mol. The number of aryl methyl sites for hydroxylation is 1. The molecule has 0 bridgehead atoms. The van der Waals surface area contributed by atoms with E-state index in [9.17, 15) is 4.79 Å². The lowest BCUT2D eigenvalue weighted by atomic mass is 10.0. The summed E-state index contributed by atoms with van der Waals surface area (Å²) in [7, 11) is 0. The molecule has 0 fully saturated rings. The zero-order valence-corrected chi connectivity index (χ0v) is 15.4. The SMILES string of the molecule is CCCO[C@@](C)(CC)C(=O)Nc1ccc(O[C@H](C)CC)c(C)c1. The Labute approximate surface area is 140 Å². The van der Waals surface area contributed by atoms with Gasteiger partial charge in [0, 0.05) is 12.3 Å². The summed E-state index contributed by atoms with van der Waals surface area (Å²) in [5.41, 5.74) is 0.982. The zero-order chi connectivity index (χ0) is 17.5. The predicted molar refractivity (Wildman–Crippen MR) is 95.1 cm³/mol. The molecule has 0 aliphatic carbocycles. The number of carbonyl (C=O) groups excluding carboxylic acids is 1. The number of amides is 1. The molecule has 0 aliphatic heterocycles. The van der Waals surface area contributed by atoms with Gasteiger partial charge in [-0.1, -0.05) is 20.8 Å². The fraction of sp³-hybridized carbons (Fsp3) is 0.632. The van der Waals surface area contributed by atoms with E-state index in [1.807, 2.05) is 52.8 Å². The van der Waals surface area contributed by atoms with Crippen molar-refractivity contribution in [3.8, 4) is 5.75 Å². The summed E-state index contributed by atoms with van der Waals surface area (Å²) >= 11 is 0. The number of nitrogens with one attached hydrogen (secondary N) is 1. The van der Waals surface area contributed by atoms with Crippen molar-refractivity contribution in [3.05, 3.63) is 23.8 Å². The minimum absolute atomic E-state index is 0.108. The molecule has 1 rings (SSSR count). The number of anilines is 1. The van der Waals surface area contributed by atoms with Crippen LogP contribution in [0.5, 0.6) is 5.75 Å². The predicted octanol–water partition coefficient (Wildman–Crippen LogP) is 4.71. The largest absolute Gasteiger partial charge is 0.490 e. The number of carbonyl (C=O) groups is 1. The van der Waals surface area contributed by atoms with Crippen LogP contribution in [0, 0.1) is 6.92 Å². The lowest BCUT2D eigenvalue weighted by molar-refractivity contribution is -0.139. The van der Waals surface area contributed by atoms with Gasteiger partial charge in [0.1, 0.15) is 11.4 Å². The highest BCUT2D eigenvalue weighted by atomic mass is 16.5. The van der Waals surface area contributed by atoms with Gasteiger partial charge in [-0.05, 0) is 63.8 Å². The monoisotopic (exact) mass is 321 g/mol. The molecule has 0 aromatic heterocycles. The van der Waals surface area contributed by atoms with Gasteiger partial charge < -0.3 is 14.8 Å². The Morgan fingerprint density at radius 2 is 2.00 bits per heavy atom. The van der Waals surface area contributed by atoms with Gasteiger partial charge >= 0.3 is 0 Å². The lowest BCUT2D eigenvalue weighted by Gasteiger charge is -2.27. The highest BCUT2D eigenvalue weighted by Gasteiger charge is 2.32. The van der Waals surface area contributed by atoms with Crippen LogP contribution in [0.2, 0.25) is 0 Å². The second-order valence-electron chi connectivity index (χ2n) is 6.20. The maximum absolute atomic E-state index is 12.5. The first-order valence-electron chi connectivity index (χ1n) is 8.59. The Hall–Kier alpha value is -1.55. The summed E-state index contributed by atoms with van der Waals surface area (Å²) in [5.74, 6) is 0.751. The van der Waals surface area contributed by atoms with Crippen molar-refractivity contribution in [2.75, 3.05) is 11.9 Å². The maximum atomic E-state index is 12.5. The van der Waals surface area contributed by atoms with Crippen LogP contribution >= 0.6 is 0 Å². The molecule has 1 aromatic rings. The molecule has 23 heavy (non-hydrogen) atoms. The van der Waals surface area contributed by atoms with Crippen LogP contribution in [0.3, 0.4) is 0 Å². The van der Waals surface area contributed by atoms with Crippen LogP contribution in [0.25, 0.3) is 0 Å². The van der Waals surface area contributed by atoms with Crippen LogP contribution < -0.4 is 10.1 Å². The fourth-order valence-corrected chi connectivity index (χ4v) is 2.08. The summed E-state index contributed by atoms with van der Waals surface area (Å²) in [5, 5.41) is 2.96. The molecule has 0 spiro atoms. The quantitative estimate of drug-likeness (QED) is 0.717. The normalized spacial score (nSPS) is 14.9. The molecule has 0 heterocycles. The van der Waals surface area contributed by atoms with Gasteiger partial charge in [0.2, 0.25) is 0 Å². The van der Waals surface area contributed by atoms with Crippen LogP contribution in [0.4, 0.5) is 5.69 Å². The standard InChI is InChI=1S/C19H31NO3/c1-7-12-22-19(6,9-3)18(21)20-16-10-11-17(14(4)13-16)23-15(5)8-2/h10-11,13,15H,7-9,12H2,1-6H3,(H,20,21)/t15-,19+/m1/s1.